The number of esters is 1. The topological polar surface area (TPSA) is 46.6 Å². The summed E-state index contributed by atoms with van der Waals surface area (Å²) in [5, 5.41) is 2.30. The van der Waals surface area contributed by atoms with E-state index in [-0.39, 0.29) is 30.3 Å². The lowest BCUT2D eigenvalue weighted by Crippen LogP contribution is -2.29. The Kier molecular flexibility index (Phi) is 3.84. The van der Waals surface area contributed by atoms with Gasteiger partial charge in [-0.05, 0) is 23.3 Å². The summed E-state index contributed by atoms with van der Waals surface area (Å²) in [6, 6.07) is 14.2. The predicted octanol–water partition coefficient (Wildman–Crippen LogP) is 2.92. The molecule has 1 saturated heterocycles. The molecular weight excluding hydrogens is 278 g/mol. The summed E-state index contributed by atoms with van der Waals surface area (Å²) >= 11 is 0. The summed E-state index contributed by atoms with van der Waals surface area (Å²) in [7, 11) is 1.36. The lowest BCUT2D eigenvalue weighted by molar-refractivity contribution is -0.145. The number of rotatable bonds is 3. The Morgan fingerprint density at radius 1 is 1.23 bits per heavy atom. The molecular formula is C18H19NO3. The van der Waals surface area contributed by atoms with Crippen LogP contribution in [0, 0.1) is 5.92 Å². The molecule has 2 atom stereocenters. The monoisotopic (exact) mass is 297 g/mol. The summed E-state index contributed by atoms with van der Waals surface area (Å²) in [6.07, 6.45) is 0.238. The van der Waals surface area contributed by atoms with Gasteiger partial charge in [0.1, 0.15) is 0 Å². The van der Waals surface area contributed by atoms with E-state index in [1.165, 1.54) is 7.11 Å². The van der Waals surface area contributed by atoms with Crippen LogP contribution in [0.5, 0.6) is 0 Å². The van der Waals surface area contributed by atoms with E-state index in [9.17, 15) is 9.59 Å². The first-order chi connectivity index (χ1) is 10.6. The average Bonchev–Trinajstić information content (AvgIpc) is 2.94. The van der Waals surface area contributed by atoms with E-state index in [4.69, 9.17) is 4.74 Å². The molecule has 0 bridgehead atoms. The first kappa shape index (κ1) is 14.6. The second kappa shape index (κ2) is 5.79. The highest BCUT2D eigenvalue weighted by Gasteiger charge is 2.37. The molecule has 0 radical (unpaired) electrons. The van der Waals surface area contributed by atoms with Gasteiger partial charge in [0.05, 0.1) is 19.1 Å². The molecule has 0 aromatic heterocycles. The Hall–Kier alpha value is -2.36. The third-order valence-corrected chi connectivity index (χ3v) is 4.43. The Balaban J connectivity index is 1.91. The minimum Gasteiger partial charge on any atom is -0.469 e. The van der Waals surface area contributed by atoms with Crippen molar-refractivity contribution in [2.75, 3.05) is 13.7 Å². The summed E-state index contributed by atoms with van der Waals surface area (Å²) < 4.78 is 4.77. The average molecular weight is 297 g/mol. The van der Waals surface area contributed by atoms with E-state index in [0.717, 1.165) is 16.3 Å². The number of carbonyl (C=O) groups excluding carboxylic acids is 2. The van der Waals surface area contributed by atoms with Crippen LogP contribution < -0.4 is 0 Å². The quantitative estimate of drug-likeness (QED) is 0.818. The molecule has 1 aliphatic rings. The first-order valence-corrected chi connectivity index (χ1v) is 7.46. The highest BCUT2D eigenvalue weighted by molar-refractivity contribution is 5.89. The number of benzene rings is 2. The van der Waals surface area contributed by atoms with Gasteiger partial charge >= 0.3 is 5.97 Å². The van der Waals surface area contributed by atoms with E-state index in [2.05, 4.69) is 18.2 Å². The normalized spacial score (nSPS) is 19.5. The molecule has 22 heavy (non-hydrogen) atoms. The third kappa shape index (κ3) is 2.45. The molecule has 1 fully saturated rings. The van der Waals surface area contributed by atoms with Crippen LogP contribution in [0.4, 0.5) is 0 Å². The molecule has 4 heteroatoms. The van der Waals surface area contributed by atoms with Crippen molar-refractivity contribution in [3.05, 3.63) is 48.0 Å². The standard InChI is InChI=1S/C18H19NO3/c1-12(19-11-14(10-17(19)20)18(21)22-2)15-9-5-7-13-6-3-4-8-16(13)15/h3-9,12,14H,10-11H2,1-2H3. The van der Waals surface area contributed by atoms with Crippen molar-refractivity contribution in [3.63, 3.8) is 0 Å². The van der Waals surface area contributed by atoms with Gasteiger partial charge in [0.25, 0.3) is 0 Å². The molecule has 2 unspecified atom stereocenters. The van der Waals surface area contributed by atoms with Gasteiger partial charge in [-0.25, -0.2) is 0 Å². The zero-order chi connectivity index (χ0) is 15.7. The molecule has 0 spiro atoms. The summed E-state index contributed by atoms with van der Waals surface area (Å²) in [6.45, 7) is 2.44. The molecule has 1 heterocycles. The van der Waals surface area contributed by atoms with Gasteiger partial charge in [-0.3, -0.25) is 9.59 Å². The van der Waals surface area contributed by atoms with Gasteiger partial charge in [-0.1, -0.05) is 42.5 Å². The maximum atomic E-state index is 12.3. The largest absolute Gasteiger partial charge is 0.469 e. The van der Waals surface area contributed by atoms with Crippen LogP contribution >= 0.6 is 0 Å². The molecule has 2 aromatic carbocycles. The summed E-state index contributed by atoms with van der Waals surface area (Å²) in [4.78, 5) is 25.7. The smallest absolute Gasteiger partial charge is 0.310 e. The van der Waals surface area contributed by atoms with E-state index in [1.54, 1.807) is 4.90 Å². The van der Waals surface area contributed by atoms with Gasteiger partial charge in [-0.15, -0.1) is 0 Å². The Morgan fingerprint density at radius 3 is 2.73 bits per heavy atom. The van der Waals surface area contributed by atoms with Crippen molar-refractivity contribution in [2.45, 2.75) is 19.4 Å². The molecule has 0 N–H and O–H groups in total. The lowest BCUT2D eigenvalue weighted by atomic mass is 9.99. The number of nitrogens with zero attached hydrogens (tertiary/aromatic N) is 1. The van der Waals surface area contributed by atoms with E-state index < -0.39 is 0 Å². The molecule has 3 rings (SSSR count). The van der Waals surface area contributed by atoms with Crippen LogP contribution in [0.15, 0.2) is 42.5 Å². The second-order valence-corrected chi connectivity index (χ2v) is 5.71. The fourth-order valence-corrected chi connectivity index (χ4v) is 3.21. The van der Waals surface area contributed by atoms with Crippen molar-refractivity contribution >= 4 is 22.6 Å². The van der Waals surface area contributed by atoms with Crippen LogP contribution in [0.3, 0.4) is 0 Å². The summed E-state index contributed by atoms with van der Waals surface area (Å²) in [5.41, 5.74) is 1.11. The zero-order valence-corrected chi connectivity index (χ0v) is 12.8. The van der Waals surface area contributed by atoms with Crippen LogP contribution in [0.25, 0.3) is 10.8 Å². The number of carbonyl (C=O) groups is 2. The molecule has 1 aliphatic heterocycles. The number of hydrogen-bond acceptors (Lipinski definition) is 3. The molecule has 2 aromatic rings. The lowest BCUT2D eigenvalue weighted by Gasteiger charge is -2.26. The van der Waals surface area contributed by atoms with Crippen LogP contribution in [0.2, 0.25) is 0 Å². The maximum absolute atomic E-state index is 12.3. The van der Waals surface area contributed by atoms with Gasteiger partial charge < -0.3 is 9.64 Å². The number of fused-ring (bicyclic) bond motifs is 1. The molecule has 0 saturated carbocycles. The van der Waals surface area contributed by atoms with Crippen molar-refractivity contribution in [1.82, 2.24) is 4.90 Å². The third-order valence-electron chi connectivity index (χ3n) is 4.43. The van der Waals surface area contributed by atoms with Gasteiger partial charge in [0.15, 0.2) is 0 Å². The molecule has 4 nitrogen and oxygen atoms in total. The number of amides is 1. The number of methoxy groups -OCH3 is 1. The predicted molar refractivity (Wildman–Crippen MR) is 84.2 cm³/mol. The van der Waals surface area contributed by atoms with E-state index in [1.807, 2.05) is 31.2 Å². The molecule has 0 aliphatic carbocycles. The highest BCUT2D eigenvalue weighted by atomic mass is 16.5. The number of ether oxygens (including phenoxy) is 1. The minimum absolute atomic E-state index is 0.0100. The van der Waals surface area contributed by atoms with Crippen molar-refractivity contribution in [2.24, 2.45) is 5.92 Å². The Morgan fingerprint density at radius 2 is 1.95 bits per heavy atom. The molecule has 1 amide bonds. The van der Waals surface area contributed by atoms with Crippen molar-refractivity contribution in [3.8, 4) is 0 Å². The molecule has 114 valence electrons. The van der Waals surface area contributed by atoms with Crippen LogP contribution in [-0.2, 0) is 14.3 Å². The number of hydrogen-bond donors (Lipinski definition) is 0. The Labute approximate surface area is 129 Å². The van der Waals surface area contributed by atoms with Gasteiger partial charge in [0, 0.05) is 13.0 Å². The van der Waals surface area contributed by atoms with Crippen LogP contribution in [-0.4, -0.2) is 30.4 Å². The summed E-state index contributed by atoms with van der Waals surface area (Å²) in [5.74, 6) is -0.647. The van der Waals surface area contributed by atoms with Crippen molar-refractivity contribution in [1.29, 1.82) is 0 Å². The highest BCUT2D eigenvalue weighted by Crippen LogP contribution is 2.32. The van der Waals surface area contributed by atoms with Crippen molar-refractivity contribution < 1.29 is 14.3 Å². The zero-order valence-electron chi connectivity index (χ0n) is 12.8. The van der Waals surface area contributed by atoms with Gasteiger partial charge in [0.2, 0.25) is 5.91 Å². The SMILES string of the molecule is COC(=O)C1CC(=O)N(C(C)c2cccc3ccccc23)C1. The fraction of sp³-hybridized carbons (Fsp3) is 0.333. The van der Waals surface area contributed by atoms with Gasteiger partial charge in [-0.2, -0.15) is 0 Å². The Bertz CT molecular complexity index is 720. The number of likely N-dealkylation sites (tertiary alicyclic amines) is 1. The minimum atomic E-state index is -0.352. The maximum Gasteiger partial charge on any atom is 0.310 e. The second-order valence-electron chi connectivity index (χ2n) is 5.71. The van der Waals surface area contributed by atoms with Crippen LogP contribution in [0.1, 0.15) is 24.9 Å². The first-order valence-electron chi connectivity index (χ1n) is 7.46. The fourth-order valence-electron chi connectivity index (χ4n) is 3.21. The van der Waals surface area contributed by atoms with E-state index >= 15 is 0 Å². The van der Waals surface area contributed by atoms with E-state index in [0.29, 0.717) is 6.54 Å².